The zero-order valence-electron chi connectivity index (χ0n) is 6.23. The summed E-state index contributed by atoms with van der Waals surface area (Å²) in [5.74, 6) is -0.926. The van der Waals surface area contributed by atoms with Crippen molar-refractivity contribution in [2.45, 2.75) is 4.90 Å². The second-order valence-corrected chi connectivity index (χ2v) is 2.86. The van der Waals surface area contributed by atoms with Gasteiger partial charge in [0.25, 0.3) is 0 Å². The molecule has 0 N–H and O–H groups in total. The summed E-state index contributed by atoms with van der Waals surface area (Å²) in [6.45, 7) is 0. The van der Waals surface area contributed by atoms with Gasteiger partial charge in [-0.1, -0.05) is 6.07 Å². The van der Waals surface area contributed by atoms with E-state index in [0.717, 1.165) is 6.07 Å². The lowest BCUT2D eigenvalue weighted by Gasteiger charge is -1.97. The Morgan fingerprint density at radius 1 is 1.62 bits per heavy atom. The van der Waals surface area contributed by atoms with Crippen LogP contribution in [-0.2, 0) is 0 Å². The van der Waals surface area contributed by atoms with Crippen molar-refractivity contribution in [3.8, 4) is 5.40 Å². The summed E-state index contributed by atoms with van der Waals surface area (Å²) in [7, 11) is 0. The number of nitro groups is 1. The Labute approximate surface area is 77.1 Å². The number of nitro benzene ring substituents is 1. The molecule has 0 bridgehead atoms. The van der Waals surface area contributed by atoms with Crippen molar-refractivity contribution in [1.82, 2.24) is 0 Å². The Morgan fingerprint density at radius 3 is 2.85 bits per heavy atom. The maximum absolute atomic E-state index is 12.9. The van der Waals surface area contributed by atoms with Gasteiger partial charge in [-0.2, -0.15) is 9.65 Å². The minimum Gasteiger partial charge on any atom is -0.258 e. The molecule has 0 fully saturated rings. The summed E-state index contributed by atoms with van der Waals surface area (Å²) in [6.07, 6.45) is 0. The summed E-state index contributed by atoms with van der Waals surface area (Å²) in [5, 5.41) is 20.3. The largest absolute Gasteiger partial charge is 0.319 e. The zero-order valence-corrected chi connectivity index (χ0v) is 7.05. The molecule has 1 aromatic carbocycles. The number of thioether (sulfide) groups is 1. The van der Waals surface area contributed by atoms with Gasteiger partial charge in [0.1, 0.15) is 10.3 Å². The van der Waals surface area contributed by atoms with E-state index in [1.165, 1.54) is 12.1 Å². The smallest absolute Gasteiger partial charge is 0.258 e. The van der Waals surface area contributed by atoms with Crippen molar-refractivity contribution in [3.63, 3.8) is 0 Å². The van der Waals surface area contributed by atoms with Crippen LogP contribution in [0.5, 0.6) is 0 Å². The molecule has 0 aliphatic rings. The summed E-state index contributed by atoms with van der Waals surface area (Å²) >= 11 is 0.568. The Balaban J connectivity index is 3.27. The summed E-state index contributed by atoms with van der Waals surface area (Å²) in [5.41, 5.74) is -0.644. The number of rotatable bonds is 2. The summed E-state index contributed by atoms with van der Waals surface area (Å²) in [4.78, 5) is 9.54. The second kappa shape index (κ2) is 3.87. The fraction of sp³-hybridized carbons (Fsp3) is 0. The lowest BCUT2D eigenvalue weighted by atomic mass is 10.3. The zero-order chi connectivity index (χ0) is 9.84. The molecule has 0 saturated heterocycles. The van der Waals surface area contributed by atoms with Gasteiger partial charge in [0.05, 0.1) is 4.92 Å². The molecule has 0 radical (unpaired) electrons. The average molecular weight is 198 g/mol. The monoisotopic (exact) mass is 198 g/mol. The van der Waals surface area contributed by atoms with Gasteiger partial charge in [-0.3, -0.25) is 10.1 Å². The van der Waals surface area contributed by atoms with E-state index in [1.54, 1.807) is 5.40 Å². The second-order valence-electron chi connectivity index (χ2n) is 2.04. The lowest BCUT2D eigenvalue weighted by molar-refractivity contribution is -0.390. The number of nitriles is 1. The van der Waals surface area contributed by atoms with Crippen LogP contribution in [0.1, 0.15) is 0 Å². The third kappa shape index (κ3) is 1.95. The number of benzene rings is 1. The van der Waals surface area contributed by atoms with Gasteiger partial charge in [0.2, 0.25) is 5.82 Å². The molecule has 0 saturated carbocycles. The quantitative estimate of drug-likeness (QED) is 0.316. The Bertz CT molecular complexity index is 389. The van der Waals surface area contributed by atoms with Crippen molar-refractivity contribution in [2.75, 3.05) is 0 Å². The summed E-state index contributed by atoms with van der Waals surface area (Å²) < 4.78 is 12.9. The van der Waals surface area contributed by atoms with Crippen LogP contribution in [0, 0.1) is 26.6 Å². The summed E-state index contributed by atoms with van der Waals surface area (Å²) in [6, 6.07) is 3.64. The van der Waals surface area contributed by atoms with Gasteiger partial charge in [0.15, 0.2) is 0 Å². The molecule has 0 aliphatic heterocycles. The van der Waals surface area contributed by atoms with E-state index in [4.69, 9.17) is 5.26 Å². The molecule has 0 heterocycles. The molecule has 0 unspecified atom stereocenters. The molecule has 6 heteroatoms. The highest BCUT2D eigenvalue weighted by Gasteiger charge is 2.19. The maximum atomic E-state index is 12.9. The molecule has 13 heavy (non-hydrogen) atoms. The maximum Gasteiger partial charge on any atom is 0.319 e. The standard InChI is InChI=1S/C7H3FN2O2S/c8-5-2-1-3-6(13-4-9)7(5)10(11)12/h1-3H. The van der Waals surface area contributed by atoms with Crippen molar-refractivity contribution < 1.29 is 9.31 Å². The molecular weight excluding hydrogens is 195 g/mol. The van der Waals surface area contributed by atoms with Crippen molar-refractivity contribution >= 4 is 17.4 Å². The SMILES string of the molecule is N#CSc1cccc(F)c1[N+](=O)[O-]. The molecule has 4 nitrogen and oxygen atoms in total. The Morgan fingerprint density at radius 2 is 2.31 bits per heavy atom. The molecule has 1 rings (SSSR count). The number of hydrogen-bond acceptors (Lipinski definition) is 4. The number of halogens is 1. The van der Waals surface area contributed by atoms with Crippen LogP contribution < -0.4 is 0 Å². The number of hydrogen-bond donors (Lipinski definition) is 0. The molecule has 0 spiro atoms. The van der Waals surface area contributed by atoms with E-state index in [-0.39, 0.29) is 4.90 Å². The van der Waals surface area contributed by atoms with E-state index in [1.807, 2.05) is 0 Å². The average Bonchev–Trinajstić information content (AvgIpc) is 2.04. The highest BCUT2D eigenvalue weighted by atomic mass is 32.2. The third-order valence-corrected chi connectivity index (χ3v) is 1.93. The first-order valence-electron chi connectivity index (χ1n) is 3.15. The van der Waals surface area contributed by atoms with E-state index in [0.29, 0.717) is 11.8 Å². The third-order valence-electron chi connectivity index (χ3n) is 1.29. The van der Waals surface area contributed by atoms with Gasteiger partial charge < -0.3 is 0 Å². The fourth-order valence-corrected chi connectivity index (χ4v) is 1.32. The van der Waals surface area contributed by atoms with Crippen LogP contribution in [0.4, 0.5) is 10.1 Å². The highest BCUT2D eigenvalue weighted by molar-refractivity contribution is 8.03. The fourth-order valence-electron chi connectivity index (χ4n) is 0.804. The van der Waals surface area contributed by atoms with Crippen LogP contribution in [0.3, 0.4) is 0 Å². The molecule has 0 amide bonds. The van der Waals surface area contributed by atoms with Crippen molar-refractivity contribution in [3.05, 3.63) is 34.1 Å². The minimum absolute atomic E-state index is 0.0208. The molecular formula is C7H3FN2O2S. The molecule has 66 valence electrons. The number of para-hydroxylation sites is 1. The van der Waals surface area contributed by atoms with Gasteiger partial charge >= 0.3 is 5.69 Å². The first-order chi connectivity index (χ1) is 6.16. The highest BCUT2D eigenvalue weighted by Crippen LogP contribution is 2.30. The van der Waals surface area contributed by atoms with Gasteiger partial charge in [0, 0.05) is 0 Å². The molecule has 0 aromatic heterocycles. The van der Waals surface area contributed by atoms with Crippen LogP contribution in [-0.4, -0.2) is 4.92 Å². The van der Waals surface area contributed by atoms with Crippen LogP contribution in [0.15, 0.2) is 23.1 Å². The van der Waals surface area contributed by atoms with Crippen LogP contribution in [0.2, 0.25) is 0 Å². The predicted octanol–water partition coefficient (Wildman–Crippen LogP) is 2.31. The van der Waals surface area contributed by atoms with Crippen molar-refractivity contribution in [2.24, 2.45) is 0 Å². The minimum atomic E-state index is -0.926. The number of thiocyanates is 1. The predicted molar refractivity (Wildman–Crippen MR) is 44.5 cm³/mol. The van der Waals surface area contributed by atoms with Gasteiger partial charge in [-0.05, 0) is 23.9 Å². The van der Waals surface area contributed by atoms with Gasteiger partial charge in [-0.15, -0.1) is 0 Å². The first-order valence-corrected chi connectivity index (χ1v) is 3.97. The topological polar surface area (TPSA) is 66.9 Å². The van der Waals surface area contributed by atoms with E-state index >= 15 is 0 Å². The molecule has 1 aromatic rings. The van der Waals surface area contributed by atoms with Gasteiger partial charge in [-0.25, -0.2) is 0 Å². The van der Waals surface area contributed by atoms with Crippen LogP contribution in [0.25, 0.3) is 0 Å². The van der Waals surface area contributed by atoms with E-state index in [2.05, 4.69) is 0 Å². The molecule has 0 aliphatic carbocycles. The first kappa shape index (κ1) is 9.48. The van der Waals surface area contributed by atoms with E-state index < -0.39 is 16.4 Å². The lowest BCUT2D eigenvalue weighted by Crippen LogP contribution is -1.93. The number of nitrogens with zero attached hydrogens (tertiary/aromatic N) is 2. The normalized spacial score (nSPS) is 9.23. The molecule has 0 atom stereocenters. The van der Waals surface area contributed by atoms with Crippen molar-refractivity contribution in [1.29, 1.82) is 5.26 Å². The van der Waals surface area contributed by atoms with Crippen LogP contribution >= 0.6 is 11.8 Å². The Hall–Kier alpha value is -1.61. The Kier molecular flexibility index (Phi) is 2.82. The van der Waals surface area contributed by atoms with E-state index in [9.17, 15) is 14.5 Å².